The van der Waals surface area contributed by atoms with Crippen LogP contribution >= 0.6 is 12.2 Å². The van der Waals surface area contributed by atoms with Crippen molar-refractivity contribution >= 4 is 23.3 Å². The molecule has 0 aromatic rings. The maximum atomic E-state index is 10.7. The van der Waals surface area contributed by atoms with Crippen LogP contribution in [0.25, 0.3) is 0 Å². The van der Waals surface area contributed by atoms with Crippen molar-refractivity contribution in [3.63, 3.8) is 0 Å². The van der Waals surface area contributed by atoms with Crippen LogP contribution in [0.1, 0.15) is 96.8 Å². The van der Waals surface area contributed by atoms with E-state index in [1.807, 2.05) is 0 Å². The summed E-state index contributed by atoms with van der Waals surface area (Å²) in [5, 5.41) is 32.7. The van der Waals surface area contributed by atoms with E-state index in [4.69, 9.17) is 17.0 Å². The quantitative estimate of drug-likeness (QED) is 0.136. The van der Waals surface area contributed by atoms with E-state index in [9.17, 15) is 20.1 Å². The van der Waals surface area contributed by atoms with Crippen LogP contribution in [-0.4, -0.2) is 75.9 Å². The fourth-order valence-corrected chi connectivity index (χ4v) is 4.50. The van der Waals surface area contributed by atoms with Gasteiger partial charge in [0.25, 0.3) is 0 Å². The molecule has 0 amide bonds. The van der Waals surface area contributed by atoms with Crippen molar-refractivity contribution < 1.29 is 24.9 Å². The lowest BCUT2D eigenvalue weighted by atomic mass is 10.0. The Morgan fingerprint density at radius 1 is 0.906 bits per heavy atom. The lowest BCUT2D eigenvalue weighted by Crippen LogP contribution is -2.47. The number of ether oxygens (including phenoxy) is 1. The van der Waals surface area contributed by atoms with Crippen LogP contribution in [0.15, 0.2) is 0 Å². The zero-order chi connectivity index (χ0) is 23.6. The SMILES string of the molecule is CC(=O)OCCCCCCCCCCCCCCCCNC(=S)N1C[C@H](O)[C@@H](O)[C@@H]1CO. The maximum absolute atomic E-state index is 10.7. The molecule has 1 saturated heterocycles. The Morgan fingerprint density at radius 2 is 1.38 bits per heavy atom. The largest absolute Gasteiger partial charge is 0.466 e. The number of thiocarbonyl (C=S) groups is 1. The van der Waals surface area contributed by atoms with Gasteiger partial charge in [0.1, 0.15) is 6.10 Å². The number of nitrogens with one attached hydrogen (secondary N) is 1. The lowest BCUT2D eigenvalue weighted by molar-refractivity contribution is -0.141. The normalized spacial score (nSPS) is 20.5. The predicted octanol–water partition coefficient (Wildman–Crippen LogP) is 3.28. The van der Waals surface area contributed by atoms with Crippen molar-refractivity contribution in [2.45, 2.75) is 115 Å². The molecule has 0 saturated carbocycles. The van der Waals surface area contributed by atoms with Gasteiger partial charge >= 0.3 is 5.97 Å². The summed E-state index contributed by atoms with van der Waals surface area (Å²) in [6.45, 7) is 2.85. The fourth-order valence-electron chi connectivity index (χ4n) is 4.19. The van der Waals surface area contributed by atoms with Gasteiger partial charge in [-0.3, -0.25) is 4.79 Å². The molecule has 8 heteroatoms. The highest BCUT2D eigenvalue weighted by molar-refractivity contribution is 7.80. The lowest BCUT2D eigenvalue weighted by Gasteiger charge is -2.26. The molecule has 7 nitrogen and oxygen atoms in total. The molecular formula is C24H46N2O5S. The molecule has 1 aliphatic rings. The average Bonchev–Trinajstić information content (AvgIpc) is 3.06. The standard InChI is InChI=1S/C24H46N2O5S/c1-20(28)31-17-15-13-11-9-7-5-3-2-4-6-8-10-12-14-16-25-24(32)26-18-22(29)23(30)21(26)19-27/h21-23,27,29-30H,2-19H2,1H3,(H,25,32)/t21-,22-,23-/m0/s1. The van der Waals surface area contributed by atoms with Gasteiger partial charge in [-0.15, -0.1) is 0 Å². The summed E-state index contributed by atoms with van der Waals surface area (Å²) in [5.41, 5.74) is 0. The molecule has 188 valence electrons. The smallest absolute Gasteiger partial charge is 0.302 e. The van der Waals surface area contributed by atoms with Gasteiger partial charge in [-0.05, 0) is 25.1 Å². The first-order valence-corrected chi connectivity index (χ1v) is 13.0. The molecule has 3 atom stereocenters. The molecule has 1 heterocycles. The Bertz CT molecular complexity index is 509. The van der Waals surface area contributed by atoms with Gasteiger partial charge in [-0.25, -0.2) is 0 Å². The monoisotopic (exact) mass is 474 g/mol. The Balaban J connectivity index is 1.82. The second-order valence-electron chi connectivity index (χ2n) is 8.98. The number of carbonyl (C=O) groups excluding carboxylic acids is 1. The van der Waals surface area contributed by atoms with Gasteiger partial charge in [-0.2, -0.15) is 0 Å². The summed E-state index contributed by atoms with van der Waals surface area (Å²) in [4.78, 5) is 12.3. The second-order valence-corrected chi connectivity index (χ2v) is 9.37. The van der Waals surface area contributed by atoms with E-state index in [0.29, 0.717) is 11.7 Å². The Hall–Kier alpha value is -0.960. The van der Waals surface area contributed by atoms with E-state index in [2.05, 4.69) is 5.32 Å². The van der Waals surface area contributed by atoms with E-state index in [1.54, 1.807) is 4.90 Å². The zero-order valence-electron chi connectivity index (χ0n) is 20.0. The summed E-state index contributed by atoms with van der Waals surface area (Å²) in [7, 11) is 0. The number of aliphatic hydroxyl groups is 3. The van der Waals surface area contributed by atoms with E-state index < -0.39 is 18.2 Å². The van der Waals surface area contributed by atoms with Gasteiger partial charge in [0.05, 0.1) is 25.4 Å². The molecule has 0 bridgehead atoms. The molecule has 1 fully saturated rings. The van der Waals surface area contributed by atoms with E-state index in [0.717, 1.165) is 25.8 Å². The summed E-state index contributed by atoms with van der Waals surface area (Å²) in [5.74, 6) is -0.179. The molecule has 0 aromatic carbocycles. The minimum atomic E-state index is -0.954. The van der Waals surface area contributed by atoms with Crippen LogP contribution in [0.5, 0.6) is 0 Å². The van der Waals surface area contributed by atoms with Crippen molar-refractivity contribution in [3.8, 4) is 0 Å². The van der Waals surface area contributed by atoms with Gasteiger partial charge in [-0.1, -0.05) is 77.0 Å². The number of rotatable bonds is 18. The molecule has 1 aliphatic heterocycles. The van der Waals surface area contributed by atoms with Crippen LogP contribution in [-0.2, 0) is 9.53 Å². The van der Waals surface area contributed by atoms with E-state index >= 15 is 0 Å². The van der Waals surface area contributed by atoms with Gasteiger partial charge in [0.15, 0.2) is 5.11 Å². The molecule has 0 aliphatic carbocycles. The van der Waals surface area contributed by atoms with Crippen LogP contribution in [0, 0.1) is 0 Å². The van der Waals surface area contributed by atoms with Crippen molar-refractivity contribution in [2.24, 2.45) is 0 Å². The highest BCUT2D eigenvalue weighted by Crippen LogP contribution is 2.18. The molecule has 1 rings (SSSR count). The third-order valence-electron chi connectivity index (χ3n) is 6.17. The van der Waals surface area contributed by atoms with Crippen LogP contribution < -0.4 is 5.32 Å². The first-order chi connectivity index (χ1) is 15.5. The number of nitrogens with zero attached hydrogens (tertiary/aromatic N) is 1. The molecule has 32 heavy (non-hydrogen) atoms. The summed E-state index contributed by atoms with van der Waals surface area (Å²) in [6, 6.07) is -0.524. The van der Waals surface area contributed by atoms with Crippen LogP contribution in [0.4, 0.5) is 0 Å². The number of β-amino-alcohol motifs (C(OH)–C–C–N with tert-alkyl or cyclic N) is 1. The number of hydrogen-bond donors (Lipinski definition) is 4. The molecule has 0 unspecified atom stereocenters. The zero-order valence-corrected chi connectivity index (χ0v) is 20.8. The Morgan fingerprint density at radius 3 is 1.84 bits per heavy atom. The maximum Gasteiger partial charge on any atom is 0.302 e. The minimum absolute atomic E-state index is 0.179. The molecule has 0 radical (unpaired) electrons. The average molecular weight is 475 g/mol. The number of likely N-dealkylation sites (tertiary alicyclic amines) is 1. The Labute approximate surface area is 199 Å². The number of hydrogen-bond acceptors (Lipinski definition) is 6. The summed E-state index contributed by atoms with van der Waals surface area (Å²) < 4.78 is 4.93. The van der Waals surface area contributed by atoms with Crippen molar-refractivity contribution in [1.29, 1.82) is 0 Å². The second kappa shape index (κ2) is 18.5. The number of carbonyl (C=O) groups is 1. The molecule has 0 spiro atoms. The van der Waals surface area contributed by atoms with E-state index in [-0.39, 0.29) is 19.1 Å². The molecule has 4 N–H and O–H groups in total. The van der Waals surface area contributed by atoms with Gasteiger partial charge < -0.3 is 30.3 Å². The fraction of sp³-hybridized carbons (Fsp3) is 0.917. The molecule has 0 aromatic heterocycles. The first-order valence-electron chi connectivity index (χ1n) is 12.6. The number of aliphatic hydroxyl groups excluding tert-OH is 3. The van der Waals surface area contributed by atoms with Crippen molar-refractivity contribution in [2.75, 3.05) is 26.3 Å². The van der Waals surface area contributed by atoms with Gasteiger partial charge in [0, 0.05) is 20.0 Å². The summed E-state index contributed by atoms with van der Waals surface area (Å²) in [6.07, 6.45) is 15.5. The van der Waals surface area contributed by atoms with Crippen molar-refractivity contribution in [3.05, 3.63) is 0 Å². The van der Waals surface area contributed by atoms with Crippen molar-refractivity contribution in [1.82, 2.24) is 10.2 Å². The number of esters is 1. The molecular weight excluding hydrogens is 428 g/mol. The van der Waals surface area contributed by atoms with E-state index in [1.165, 1.54) is 77.6 Å². The summed E-state index contributed by atoms with van der Waals surface area (Å²) >= 11 is 5.35. The highest BCUT2D eigenvalue weighted by atomic mass is 32.1. The minimum Gasteiger partial charge on any atom is -0.466 e. The van der Waals surface area contributed by atoms with Gasteiger partial charge in [0.2, 0.25) is 0 Å². The predicted molar refractivity (Wildman–Crippen MR) is 131 cm³/mol. The third kappa shape index (κ3) is 12.9. The highest BCUT2D eigenvalue weighted by Gasteiger charge is 2.40. The van der Waals surface area contributed by atoms with Crippen LogP contribution in [0.2, 0.25) is 0 Å². The first kappa shape index (κ1) is 29.1. The topological polar surface area (TPSA) is 102 Å². The van der Waals surface area contributed by atoms with Crippen LogP contribution in [0.3, 0.4) is 0 Å². The number of unbranched alkanes of at least 4 members (excludes halogenated alkanes) is 13. The Kier molecular flexibility index (Phi) is 16.8. The third-order valence-corrected chi connectivity index (χ3v) is 6.55.